The molecule has 0 radical (unpaired) electrons. The first-order chi connectivity index (χ1) is 10.9. The van der Waals surface area contributed by atoms with Crippen molar-refractivity contribution in [2.45, 2.75) is 65.7 Å². The van der Waals surface area contributed by atoms with E-state index in [1.165, 1.54) is 38.5 Å². The van der Waals surface area contributed by atoms with Crippen molar-refractivity contribution in [3.8, 4) is 0 Å². The van der Waals surface area contributed by atoms with Gasteiger partial charge in [0.15, 0.2) is 0 Å². The van der Waals surface area contributed by atoms with E-state index in [9.17, 15) is 4.79 Å². The zero-order valence-corrected chi connectivity index (χ0v) is 15.1. The average Bonchev–Trinajstić information content (AvgIpc) is 2.52. The van der Waals surface area contributed by atoms with Crippen molar-refractivity contribution in [3.05, 3.63) is 24.3 Å². The molecule has 0 bridgehead atoms. The molecule has 0 aromatic rings. The van der Waals surface area contributed by atoms with Crippen LogP contribution in [-0.4, -0.2) is 13.1 Å². The van der Waals surface area contributed by atoms with Crippen LogP contribution in [0.15, 0.2) is 24.3 Å². The Hall–Kier alpha value is -1.05. The Bertz CT molecular complexity index is 522. The summed E-state index contributed by atoms with van der Waals surface area (Å²) in [6.07, 6.45) is 13.3. The van der Waals surface area contributed by atoms with Gasteiger partial charge in [-0.15, -0.1) is 6.58 Å². The van der Waals surface area contributed by atoms with Crippen LogP contribution in [-0.2, 0) is 9.53 Å². The molecule has 2 fully saturated rings. The maximum atomic E-state index is 10.7. The van der Waals surface area contributed by atoms with Crippen LogP contribution in [0, 0.1) is 28.1 Å². The Morgan fingerprint density at radius 2 is 2.09 bits per heavy atom. The maximum Gasteiger partial charge on any atom is 0.293 e. The highest BCUT2D eigenvalue weighted by Gasteiger charge is 2.55. The molecule has 0 heterocycles. The molecule has 0 amide bonds. The van der Waals surface area contributed by atoms with Gasteiger partial charge in [0.05, 0.1) is 6.61 Å². The first kappa shape index (κ1) is 16.8. The van der Waals surface area contributed by atoms with Crippen molar-refractivity contribution < 1.29 is 9.53 Å². The lowest BCUT2D eigenvalue weighted by atomic mass is 9.45. The van der Waals surface area contributed by atoms with Gasteiger partial charge in [-0.05, 0) is 61.2 Å². The predicted octanol–water partition coefficient (Wildman–Crippen LogP) is 5.29. The third kappa shape index (κ3) is 2.68. The summed E-state index contributed by atoms with van der Waals surface area (Å²) in [5, 5.41) is 0. The number of ether oxygens (including phenoxy) is 1. The van der Waals surface area contributed by atoms with Crippen molar-refractivity contribution in [2.24, 2.45) is 28.1 Å². The highest BCUT2D eigenvalue weighted by molar-refractivity contribution is 5.37. The van der Waals surface area contributed by atoms with E-state index in [2.05, 4.69) is 39.5 Å². The predicted molar refractivity (Wildman–Crippen MR) is 93.9 cm³/mol. The highest BCUT2D eigenvalue weighted by atomic mass is 16.5. The monoisotopic (exact) mass is 316 g/mol. The fourth-order valence-corrected chi connectivity index (χ4v) is 6.13. The smallest absolute Gasteiger partial charge is 0.293 e. The summed E-state index contributed by atoms with van der Waals surface area (Å²) < 4.78 is 5.24. The van der Waals surface area contributed by atoms with Crippen LogP contribution in [0.1, 0.15) is 65.7 Å². The van der Waals surface area contributed by atoms with Crippen molar-refractivity contribution in [2.75, 3.05) is 6.61 Å². The van der Waals surface area contributed by atoms with Crippen LogP contribution in [0.25, 0.3) is 0 Å². The number of carbonyl (C=O) groups excluding carboxylic acids is 1. The van der Waals surface area contributed by atoms with E-state index in [1.54, 1.807) is 5.57 Å². The summed E-state index contributed by atoms with van der Waals surface area (Å²) in [5.41, 5.74) is 2.46. The molecule has 128 valence electrons. The van der Waals surface area contributed by atoms with Crippen molar-refractivity contribution in [3.63, 3.8) is 0 Å². The molecule has 0 saturated heterocycles. The number of fused-ring (bicyclic) bond motifs is 3. The molecule has 3 aliphatic carbocycles. The van der Waals surface area contributed by atoms with E-state index in [1.807, 2.05) is 0 Å². The summed E-state index contributed by atoms with van der Waals surface area (Å²) in [6, 6.07) is 0. The summed E-state index contributed by atoms with van der Waals surface area (Å²) >= 11 is 0. The number of rotatable bonds is 4. The maximum absolute atomic E-state index is 10.7. The second kappa shape index (κ2) is 5.79. The van der Waals surface area contributed by atoms with E-state index in [0.717, 1.165) is 6.42 Å². The second-order valence-corrected chi connectivity index (χ2v) is 9.11. The molecule has 0 aromatic carbocycles. The zero-order valence-electron chi connectivity index (χ0n) is 15.1. The van der Waals surface area contributed by atoms with Crippen LogP contribution in [0.2, 0.25) is 0 Å². The van der Waals surface area contributed by atoms with Crippen LogP contribution < -0.4 is 0 Å². The number of hydrogen-bond acceptors (Lipinski definition) is 2. The third-order valence-corrected chi connectivity index (χ3v) is 7.55. The SMILES string of the molecule is C=CC1(C)CCC2C(=CCC3C(C)(COC=O)CCCC23C)C1. The fraction of sp³-hybridized carbons (Fsp3) is 0.762. The Kier molecular flexibility index (Phi) is 4.23. The van der Waals surface area contributed by atoms with Crippen LogP contribution in [0.5, 0.6) is 0 Å². The van der Waals surface area contributed by atoms with E-state index < -0.39 is 0 Å². The topological polar surface area (TPSA) is 26.3 Å². The molecule has 0 spiro atoms. The van der Waals surface area contributed by atoms with E-state index >= 15 is 0 Å². The van der Waals surface area contributed by atoms with Crippen LogP contribution >= 0.6 is 0 Å². The lowest BCUT2D eigenvalue weighted by molar-refractivity contribution is -0.140. The normalized spacial score (nSPS) is 46.1. The molecule has 2 nitrogen and oxygen atoms in total. The lowest BCUT2D eigenvalue weighted by Gasteiger charge is -2.59. The minimum Gasteiger partial charge on any atom is -0.467 e. The lowest BCUT2D eigenvalue weighted by Crippen LogP contribution is -2.52. The Morgan fingerprint density at radius 3 is 2.78 bits per heavy atom. The molecule has 3 rings (SSSR count). The largest absolute Gasteiger partial charge is 0.467 e. The van der Waals surface area contributed by atoms with Crippen molar-refractivity contribution in [1.29, 1.82) is 0 Å². The molecule has 23 heavy (non-hydrogen) atoms. The van der Waals surface area contributed by atoms with Gasteiger partial charge in [-0.3, -0.25) is 4.79 Å². The van der Waals surface area contributed by atoms with Gasteiger partial charge in [-0.1, -0.05) is 44.9 Å². The van der Waals surface area contributed by atoms with E-state index in [4.69, 9.17) is 4.74 Å². The first-order valence-electron chi connectivity index (χ1n) is 9.25. The Morgan fingerprint density at radius 1 is 1.30 bits per heavy atom. The third-order valence-electron chi connectivity index (χ3n) is 7.55. The van der Waals surface area contributed by atoms with Gasteiger partial charge >= 0.3 is 0 Å². The Labute approximate surface area is 141 Å². The number of allylic oxidation sites excluding steroid dienone is 3. The van der Waals surface area contributed by atoms with Crippen molar-refractivity contribution in [1.82, 2.24) is 0 Å². The van der Waals surface area contributed by atoms with Gasteiger partial charge < -0.3 is 4.74 Å². The number of carbonyl (C=O) groups is 1. The molecular formula is C21H32O2. The van der Waals surface area contributed by atoms with Crippen LogP contribution in [0.3, 0.4) is 0 Å². The highest BCUT2D eigenvalue weighted by Crippen LogP contribution is 2.63. The minimum absolute atomic E-state index is 0.134. The summed E-state index contributed by atoms with van der Waals surface area (Å²) in [6.45, 7) is 12.5. The number of hydrogen-bond donors (Lipinski definition) is 0. The van der Waals surface area contributed by atoms with Gasteiger partial charge in [0.1, 0.15) is 0 Å². The van der Waals surface area contributed by atoms with E-state index in [0.29, 0.717) is 30.3 Å². The summed E-state index contributed by atoms with van der Waals surface area (Å²) in [5.74, 6) is 1.34. The van der Waals surface area contributed by atoms with Gasteiger partial charge in [-0.2, -0.15) is 0 Å². The zero-order chi connectivity index (χ0) is 16.7. The molecule has 5 atom stereocenters. The first-order valence-corrected chi connectivity index (χ1v) is 9.25. The molecule has 2 saturated carbocycles. The molecule has 0 aromatic heterocycles. The molecule has 0 N–H and O–H groups in total. The quantitative estimate of drug-likeness (QED) is 0.520. The molecule has 0 aliphatic heterocycles. The summed E-state index contributed by atoms with van der Waals surface area (Å²) in [4.78, 5) is 10.7. The fourth-order valence-electron chi connectivity index (χ4n) is 6.13. The van der Waals surface area contributed by atoms with Crippen molar-refractivity contribution >= 4 is 6.47 Å². The molecular weight excluding hydrogens is 284 g/mol. The second-order valence-electron chi connectivity index (χ2n) is 9.11. The average molecular weight is 316 g/mol. The molecule has 3 aliphatic rings. The Balaban J connectivity index is 1.90. The standard InChI is InChI=1S/C21H32O2/c1-5-19(2)12-9-17-16(13-19)7-8-18-20(3,14-23-15-22)10-6-11-21(17,18)4/h5,7,15,17-18H,1,6,8-14H2,2-4H3. The minimum atomic E-state index is 0.134. The van der Waals surface area contributed by atoms with E-state index in [-0.39, 0.29) is 10.8 Å². The summed E-state index contributed by atoms with van der Waals surface area (Å²) in [7, 11) is 0. The van der Waals surface area contributed by atoms with Crippen LogP contribution in [0.4, 0.5) is 0 Å². The molecule has 5 unspecified atom stereocenters. The van der Waals surface area contributed by atoms with Gasteiger partial charge in [0.2, 0.25) is 0 Å². The molecule has 2 heteroatoms. The van der Waals surface area contributed by atoms with Gasteiger partial charge in [0.25, 0.3) is 6.47 Å². The van der Waals surface area contributed by atoms with Gasteiger partial charge in [0, 0.05) is 5.41 Å². The van der Waals surface area contributed by atoms with Gasteiger partial charge in [-0.25, -0.2) is 0 Å².